The van der Waals surface area contributed by atoms with Gasteiger partial charge in [0.05, 0.1) is 11.1 Å². The number of carbonyl (C=O) groups is 1. The van der Waals surface area contributed by atoms with Gasteiger partial charge in [0.15, 0.2) is 0 Å². The largest absolute Gasteiger partial charge is 0.399 e. The molecule has 0 unspecified atom stereocenters. The Morgan fingerprint density at radius 1 is 1.10 bits per heavy atom. The predicted molar refractivity (Wildman–Crippen MR) is 83.3 cm³/mol. The summed E-state index contributed by atoms with van der Waals surface area (Å²) in [5.74, 6) is 0.00121. The van der Waals surface area contributed by atoms with Crippen molar-refractivity contribution in [2.45, 2.75) is 6.42 Å². The summed E-state index contributed by atoms with van der Waals surface area (Å²) in [6.45, 7) is 0.662. The van der Waals surface area contributed by atoms with Gasteiger partial charge in [-0.2, -0.15) is 0 Å². The van der Waals surface area contributed by atoms with E-state index in [0.29, 0.717) is 6.54 Å². The van der Waals surface area contributed by atoms with Gasteiger partial charge in [-0.15, -0.1) is 0 Å². The minimum Gasteiger partial charge on any atom is -0.399 e. The Balaban J connectivity index is 2.02. The zero-order valence-corrected chi connectivity index (χ0v) is 11.5. The standard InChI is InChI=1S/C17H15N3O/c18-12-5-3-11(4-6-12)15-10-20-9-1-2-14-16(20)13(15)7-8-19-17(14)21/h1-6,9-10H,7-8,18H2,(H,19,21). The fraction of sp³-hybridized carbons (Fsp3) is 0.118. The number of rotatable bonds is 1. The van der Waals surface area contributed by atoms with Crippen LogP contribution < -0.4 is 11.1 Å². The first-order chi connectivity index (χ1) is 10.2. The highest BCUT2D eigenvalue weighted by molar-refractivity contribution is 6.03. The zero-order valence-electron chi connectivity index (χ0n) is 11.5. The number of nitrogens with zero attached hydrogens (tertiary/aromatic N) is 1. The zero-order chi connectivity index (χ0) is 14.4. The van der Waals surface area contributed by atoms with Crippen LogP contribution in [0.15, 0.2) is 48.8 Å². The molecule has 2 aromatic heterocycles. The third-order valence-electron chi connectivity index (χ3n) is 4.03. The highest BCUT2D eigenvalue weighted by atomic mass is 16.1. The van der Waals surface area contributed by atoms with E-state index in [9.17, 15) is 4.79 Å². The predicted octanol–water partition coefficient (Wildman–Crippen LogP) is 2.47. The second-order valence-electron chi connectivity index (χ2n) is 5.33. The molecule has 4 heteroatoms. The van der Waals surface area contributed by atoms with E-state index < -0.39 is 0 Å². The minimum atomic E-state index is 0.00121. The van der Waals surface area contributed by atoms with Gasteiger partial charge < -0.3 is 15.5 Å². The molecular formula is C17H15N3O. The molecule has 1 aliphatic heterocycles. The van der Waals surface area contributed by atoms with Crippen molar-refractivity contribution >= 4 is 17.1 Å². The summed E-state index contributed by atoms with van der Waals surface area (Å²) >= 11 is 0. The van der Waals surface area contributed by atoms with Crippen LogP contribution in [0.4, 0.5) is 5.69 Å². The Hall–Kier alpha value is -2.75. The number of amides is 1. The lowest BCUT2D eigenvalue weighted by molar-refractivity contribution is 0.0957. The Labute approximate surface area is 122 Å². The Morgan fingerprint density at radius 3 is 2.71 bits per heavy atom. The molecule has 104 valence electrons. The first-order valence-corrected chi connectivity index (χ1v) is 7.01. The Morgan fingerprint density at radius 2 is 1.90 bits per heavy atom. The Bertz CT molecular complexity index is 846. The summed E-state index contributed by atoms with van der Waals surface area (Å²) in [6.07, 6.45) is 4.92. The van der Waals surface area contributed by atoms with Crippen molar-refractivity contribution in [3.05, 3.63) is 59.9 Å². The Kier molecular flexibility index (Phi) is 2.51. The van der Waals surface area contributed by atoms with Crippen molar-refractivity contribution in [2.75, 3.05) is 12.3 Å². The SMILES string of the molecule is Nc1ccc(-c2cn3cccc4c3c2CCNC4=O)cc1. The molecule has 3 aromatic rings. The van der Waals surface area contributed by atoms with Crippen molar-refractivity contribution in [3.63, 3.8) is 0 Å². The quantitative estimate of drug-likeness (QED) is 0.671. The van der Waals surface area contributed by atoms with E-state index in [2.05, 4.69) is 11.5 Å². The van der Waals surface area contributed by atoms with Gasteiger partial charge in [-0.05, 0) is 41.8 Å². The maximum absolute atomic E-state index is 12.1. The third kappa shape index (κ3) is 1.80. The number of carbonyl (C=O) groups excluding carboxylic acids is 1. The maximum atomic E-state index is 12.1. The highest BCUT2D eigenvalue weighted by Gasteiger charge is 2.21. The minimum absolute atomic E-state index is 0.00121. The van der Waals surface area contributed by atoms with Crippen LogP contribution in [0.2, 0.25) is 0 Å². The van der Waals surface area contributed by atoms with Gasteiger partial charge in [0.1, 0.15) is 0 Å². The summed E-state index contributed by atoms with van der Waals surface area (Å²) in [4.78, 5) is 12.1. The maximum Gasteiger partial charge on any atom is 0.253 e. The van der Waals surface area contributed by atoms with E-state index in [-0.39, 0.29) is 5.91 Å². The first-order valence-electron chi connectivity index (χ1n) is 7.01. The molecule has 0 aliphatic carbocycles. The first kappa shape index (κ1) is 12.0. The molecule has 1 aromatic carbocycles. The van der Waals surface area contributed by atoms with Gasteiger partial charge in [0, 0.05) is 30.2 Å². The van der Waals surface area contributed by atoms with E-state index in [4.69, 9.17) is 5.73 Å². The van der Waals surface area contributed by atoms with Crippen LogP contribution in [0.5, 0.6) is 0 Å². The average molecular weight is 277 g/mol. The molecule has 3 heterocycles. The monoisotopic (exact) mass is 277 g/mol. The molecule has 1 amide bonds. The van der Waals surface area contributed by atoms with Gasteiger partial charge in [0.2, 0.25) is 0 Å². The molecule has 0 bridgehead atoms. The number of nitrogens with two attached hydrogens (primary N) is 1. The van der Waals surface area contributed by atoms with E-state index in [1.807, 2.05) is 47.0 Å². The third-order valence-corrected chi connectivity index (χ3v) is 4.03. The topological polar surface area (TPSA) is 59.5 Å². The molecule has 0 saturated heterocycles. The summed E-state index contributed by atoms with van der Waals surface area (Å²) in [5, 5.41) is 2.95. The van der Waals surface area contributed by atoms with Gasteiger partial charge in [0.25, 0.3) is 5.91 Å². The van der Waals surface area contributed by atoms with Gasteiger partial charge in [-0.1, -0.05) is 12.1 Å². The van der Waals surface area contributed by atoms with Crippen LogP contribution in [0.1, 0.15) is 15.9 Å². The number of nitrogen functional groups attached to an aromatic ring is 1. The molecule has 0 radical (unpaired) electrons. The van der Waals surface area contributed by atoms with Crippen LogP contribution in [0.3, 0.4) is 0 Å². The van der Waals surface area contributed by atoms with Crippen molar-refractivity contribution < 1.29 is 4.79 Å². The lowest BCUT2D eigenvalue weighted by Gasteiger charge is -2.04. The molecular weight excluding hydrogens is 262 g/mol. The fourth-order valence-corrected chi connectivity index (χ4v) is 3.04. The second kappa shape index (κ2) is 4.38. The van der Waals surface area contributed by atoms with Crippen molar-refractivity contribution in [1.82, 2.24) is 9.72 Å². The fourth-order valence-electron chi connectivity index (χ4n) is 3.04. The van der Waals surface area contributed by atoms with Crippen molar-refractivity contribution in [1.29, 1.82) is 0 Å². The summed E-state index contributed by atoms with van der Waals surface area (Å²) in [7, 11) is 0. The van der Waals surface area contributed by atoms with Crippen LogP contribution in [-0.2, 0) is 6.42 Å². The number of benzene rings is 1. The number of hydrogen-bond donors (Lipinski definition) is 2. The molecule has 4 rings (SSSR count). The van der Waals surface area contributed by atoms with E-state index in [1.165, 1.54) is 11.1 Å². The number of nitrogens with one attached hydrogen (secondary N) is 1. The number of pyridine rings is 1. The lowest BCUT2D eigenvalue weighted by atomic mass is 10.0. The van der Waals surface area contributed by atoms with Gasteiger partial charge >= 0.3 is 0 Å². The van der Waals surface area contributed by atoms with E-state index in [0.717, 1.165) is 28.8 Å². The molecule has 0 fully saturated rings. The summed E-state index contributed by atoms with van der Waals surface area (Å²) < 4.78 is 2.04. The van der Waals surface area contributed by atoms with Crippen LogP contribution in [0, 0.1) is 0 Å². The molecule has 0 spiro atoms. The highest BCUT2D eigenvalue weighted by Crippen LogP contribution is 2.32. The van der Waals surface area contributed by atoms with Gasteiger partial charge in [-0.3, -0.25) is 4.79 Å². The van der Waals surface area contributed by atoms with Crippen LogP contribution in [0.25, 0.3) is 16.6 Å². The number of aromatic nitrogens is 1. The van der Waals surface area contributed by atoms with Gasteiger partial charge in [-0.25, -0.2) is 0 Å². The molecule has 3 N–H and O–H groups in total. The number of hydrogen-bond acceptors (Lipinski definition) is 2. The van der Waals surface area contributed by atoms with E-state index >= 15 is 0 Å². The molecule has 1 aliphatic rings. The molecule has 21 heavy (non-hydrogen) atoms. The van der Waals surface area contributed by atoms with Crippen molar-refractivity contribution in [2.24, 2.45) is 0 Å². The normalized spacial score (nSPS) is 14.0. The second-order valence-corrected chi connectivity index (χ2v) is 5.33. The van der Waals surface area contributed by atoms with Crippen LogP contribution >= 0.6 is 0 Å². The molecule has 0 saturated carbocycles. The summed E-state index contributed by atoms with van der Waals surface area (Å²) in [6, 6.07) is 11.7. The number of anilines is 1. The lowest BCUT2D eigenvalue weighted by Crippen LogP contribution is -2.23. The smallest absolute Gasteiger partial charge is 0.253 e. The van der Waals surface area contributed by atoms with E-state index in [1.54, 1.807) is 0 Å². The molecule has 0 atom stereocenters. The van der Waals surface area contributed by atoms with Crippen LogP contribution in [-0.4, -0.2) is 16.9 Å². The molecule has 4 nitrogen and oxygen atoms in total. The average Bonchev–Trinajstić information content (AvgIpc) is 2.77. The van der Waals surface area contributed by atoms with Crippen molar-refractivity contribution in [3.8, 4) is 11.1 Å². The summed E-state index contributed by atoms with van der Waals surface area (Å²) in [5.41, 5.74) is 11.8.